The Morgan fingerprint density at radius 3 is 2.77 bits per heavy atom. The molecule has 0 spiro atoms. The number of rotatable bonds is 1. The Hall–Kier alpha value is -1.05. The summed E-state index contributed by atoms with van der Waals surface area (Å²) in [6, 6.07) is 0.365. The van der Waals surface area contributed by atoms with Crippen LogP contribution in [0.25, 0.3) is 0 Å². The predicted octanol–water partition coefficient (Wildman–Crippen LogP) is 1.64. The Bertz CT molecular complexity index is 267. The normalized spacial score (nSPS) is 37.9. The third kappa shape index (κ3) is 1.67. The maximum Gasteiger partial charge on any atom is 0.220 e. The molecule has 1 aliphatic heterocycles. The second kappa shape index (κ2) is 3.36. The molecule has 1 saturated heterocycles. The van der Waals surface area contributed by atoms with E-state index >= 15 is 0 Å². The number of carbonyl (C=O) groups excluding carboxylic acids is 1. The number of amides is 1. The van der Waals surface area contributed by atoms with Crippen LogP contribution >= 0.6 is 0 Å². The van der Waals surface area contributed by atoms with E-state index in [1.54, 1.807) is 0 Å². The van der Waals surface area contributed by atoms with Crippen molar-refractivity contribution in [3.63, 3.8) is 0 Å². The van der Waals surface area contributed by atoms with Gasteiger partial charge in [-0.3, -0.25) is 4.79 Å². The first-order valence-corrected chi connectivity index (χ1v) is 4.92. The second-order valence-electron chi connectivity index (χ2n) is 3.92. The van der Waals surface area contributed by atoms with Crippen molar-refractivity contribution in [3.8, 4) is 0 Å². The maximum atomic E-state index is 11.0. The van der Waals surface area contributed by atoms with Gasteiger partial charge in [-0.15, -0.1) is 0 Å². The van der Waals surface area contributed by atoms with Crippen molar-refractivity contribution in [3.05, 3.63) is 24.3 Å². The lowest BCUT2D eigenvalue weighted by molar-refractivity contribution is -0.119. The molecule has 2 heteroatoms. The molecule has 0 aromatic rings. The number of carbonyl (C=O) groups is 1. The van der Waals surface area contributed by atoms with Gasteiger partial charge < -0.3 is 5.32 Å². The molecule has 2 rings (SSSR count). The number of allylic oxidation sites excluding steroid dienone is 3. The van der Waals surface area contributed by atoms with Gasteiger partial charge in [-0.1, -0.05) is 31.2 Å². The highest BCUT2D eigenvalue weighted by Gasteiger charge is 2.30. The van der Waals surface area contributed by atoms with E-state index in [-0.39, 0.29) is 5.91 Å². The molecular weight excluding hydrogens is 162 g/mol. The van der Waals surface area contributed by atoms with Gasteiger partial charge in [-0.25, -0.2) is 0 Å². The first-order chi connectivity index (χ1) is 6.27. The van der Waals surface area contributed by atoms with E-state index in [0.717, 1.165) is 6.42 Å². The van der Waals surface area contributed by atoms with Gasteiger partial charge in [-0.05, 0) is 12.3 Å². The van der Waals surface area contributed by atoms with E-state index in [2.05, 4.69) is 36.5 Å². The molecule has 1 heterocycles. The van der Waals surface area contributed by atoms with Gasteiger partial charge in [0.1, 0.15) is 0 Å². The van der Waals surface area contributed by atoms with Crippen molar-refractivity contribution in [2.45, 2.75) is 25.8 Å². The molecule has 0 bridgehead atoms. The van der Waals surface area contributed by atoms with Gasteiger partial charge in [-0.2, -0.15) is 0 Å². The van der Waals surface area contributed by atoms with Crippen LogP contribution < -0.4 is 5.32 Å². The summed E-state index contributed by atoms with van der Waals surface area (Å²) in [6.07, 6.45) is 10.3. The zero-order valence-electron chi connectivity index (χ0n) is 7.86. The largest absolute Gasteiger partial charge is 0.353 e. The molecule has 0 radical (unpaired) electrons. The van der Waals surface area contributed by atoms with Crippen molar-refractivity contribution >= 4 is 5.91 Å². The Labute approximate surface area is 78.7 Å². The molecule has 1 N–H and O–H groups in total. The van der Waals surface area contributed by atoms with Crippen molar-refractivity contribution in [2.75, 3.05) is 0 Å². The summed E-state index contributed by atoms with van der Waals surface area (Å²) in [5, 5.41) is 3.03. The third-order valence-electron chi connectivity index (χ3n) is 2.96. The summed E-state index contributed by atoms with van der Waals surface area (Å²) in [6.45, 7) is 2.20. The Morgan fingerprint density at radius 1 is 1.38 bits per heavy atom. The van der Waals surface area contributed by atoms with Crippen molar-refractivity contribution in [1.29, 1.82) is 0 Å². The molecule has 0 aromatic heterocycles. The minimum atomic E-state index is 0.208. The van der Waals surface area contributed by atoms with Gasteiger partial charge >= 0.3 is 0 Å². The van der Waals surface area contributed by atoms with E-state index < -0.39 is 0 Å². The average molecular weight is 177 g/mol. The topological polar surface area (TPSA) is 29.1 Å². The van der Waals surface area contributed by atoms with Crippen LogP contribution in [-0.2, 0) is 4.79 Å². The van der Waals surface area contributed by atoms with E-state index in [1.807, 2.05) is 0 Å². The second-order valence-corrected chi connectivity index (χ2v) is 3.92. The molecule has 0 aromatic carbocycles. The number of hydrogen-bond acceptors (Lipinski definition) is 1. The Morgan fingerprint density at radius 2 is 2.15 bits per heavy atom. The fraction of sp³-hybridized carbons (Fsp3) is 0.545. The molecule has 3 atom stereocenters. The lowest BCUT2D eigenvalue weighted by Crippen LogP contribution is -2.35. The van der Waals surface area contributed by atoms with Crippen LogP contribution in [0.2, 0.25) is 0 Å². The van der Waals surface area contributed by atoms with E-state index in [1.165, 1.54) is 0 Å². The lowest BCUT2D eigenvalue weighted by atomic mass is 9.83. The highest BCUT2D eigenvalue weighted by molar-refractivity contribution is 5.78. The molecule has 70 valence electrons. The Kier molecular flexibility index (Phi) is 2.21. The van der Waals surface area contributed by atoms with Crippen molar-refractivity contribution < 1.29 is 4.79 Å². The summed E-state index contributed by atoms with van der Waals surface area (Å²) in [5.74, 6) is 1.25. The zero-order chi connectivity index (χ0) is 9.26. The van der Waals surface area contributed by atoms with Crippen LogP contribution in [0.1, 0.15) is 19.8 Å². The minimum absolute atomic E-state index is 0.208. The van der Waals surface area contributed by atoms with Gasteiger partial charge in [0.05, 0.1) is 0 Å². The van der Waals surface area contributed by atoms with E-state index in [4.69, 9.17) is 0 Å². The van der Waals surface area contributed by atoms with Crippen LogP contribution in [0.15, 0.2) is 24.3 Å². The van der Waals surface area contributed by atoms with Crippen molar-refractivity contribution in [2.24, 2.45) is 11.8 Å². The summed E-state index contributed by atoms with van der Waals surface area (Å²) in [5.41, 5.74) is 0. The SMILES string of the molecule is CC1C=CC=CC1[C@@H]1CCC(=O)N1. The smallest absolute Gasteiger partial charge is 0.220 e. The lowest BCUT2D eigenvalue weighted by Gasteiger charge is -2.26. The fourth-order valence-corrected chi connectivity index (χ4v) is 2.16. The monoisotopic (exact) mass is 177 g/mol. The van der Waals surface area contributed by atoms with Crippen LogP contribution in [-0.4, -0.2) is 11.9 Å². The molecule has 1 aliphatic carbocycles. The van der Waals surface area contributed by atoms with Gasteiger partial charge in [0.25, 0.3) is 0 Å². The molecule has 0 saturated carbocycles. The van der Waals surface area contributed by atoms with Crippen molar-refractivity contribution in [1.82, 2.24) is 5.32 Å². The predicted molar refractivity (Wildman–Crippen MR) is 52.1 cm³/mol. The van der Waals surface area contributed by atoms with Crippen LogP contribution in [0.5, 0.6) is 0 Å². The molecule has 2 aliphatic rings. The summed E-state index contributed by atoms with van der Waals surface area (Å²) < 4.78 is 0. The molecule has 2 unspecified atom stereocenters. The average Bonchev–Trinajstić information content (AvgIpc) is 2.53. The first kappa shape index (κ1) is 8.54. The van der Waals surface area contributed by atoms with E-state index in [9.17, 15) is 4.79 Å². The quantitative estimate of drug-likeness (QED) is 0.648. The maximum absolute atomic E-state index is 11.0. The summed E-state index contributed by atoms with van der Waals surface area (Å²) in [7, 11) is 0. The van der Waals surface area contributed by atoms with Crippen LogP contribution in [0.4, 0.5) is 0 Å². The molecule has 13 heavy (non-hydrogen) atoms. The van der Waals surface area contributed by atoms with Crippen LogP contribution in [0.3, 0.4) is 0 Å². The molecular formula is C11H15NO. The molecule has 1 fully saturated rings. The zero-order valence-corrected chi connectivity index (χ0v) is 7.86. The van der Waals surface area contributed by atoms with Gasteiger partial charge in [0.15, 0.2) is 0 Å². The summed E-state index contributed by atoms with van der Waals surface area (Å²) >= 11 is 0. The standard InChI is InChI=1S/C11H15NO/c1-8-4-2-3-5-9(8)10-6-7-11(13)12-10/h2-5,8-10H,6-7H2,1H3,(H,12,13)/t8?,9?,10-/m0/s1. The third-order valence-corrected chi connectivity index (χ3v) is 2.96. The van der Waals surface area contributed by atoms with Gasteiger partial charge in [0, 0.05) is 18.4 Å². The Balaban J connectivity index is 2.04. The van der Waals surface area contributed by atoms with E-state index in [0.29, 0.717) is 24.3 Å². The molecule has 2 nitrogen and oxygen atoms in total. The minimum Gasteiger partial charge on any atom is -0.353 e. The first-order valence-electron chi connectivity index (χ1n) is 4.92. The van der Waals surface area contributed by atoms with Crippen LogP contribution in [0, 0.1) is 11.8 Å². The number of nitrogens with one attached hydrogen (secondary N) is 1. The highest BCUT2D eigenvalue weighted by Crippen LogP contribution is 2.27. The summed E-state index contributed by atoms with van der Waals surface area (Å²) in [4.78, 5) is 11.0. The molecule has 1 amide bonds. The number of hydrogen-bond donors (Lipinski definition) is 1. The van der Waals surface area contributed by atoms with Gasteiger partial charge in [0.2, 0.25) is 5.91 Å². The highest BCUT2D eigenvalue weighted by atomic mass is 16.1. The fourth-order valence-electron chi connectivity index (χ4n) is 2.16.